The molecule has 0 atom stereocenters. The first-order chi connectivity index (χ1) is 14.9. The number of likely N-dealkylation sites (tertiary alicyclic amines) is 1. The summed E-state index contributed by atoms with van der Waals surface area (Å²) < 4.78 is 1.35. The molecule has 3 N–H and O–H groups in total. The van der Waals surface area contributed by atoms with Gasteiger partial charge in [-0.15, -0.1) is 11.3 Å². The number of hydrogen-bond acceptors (Lipinski definition) is 5. The topological polar surface area (TPSA) is 72.8 Å². The molecule has 2 aromatic carbocycles. The minimum absolute atomic E-state index is 0.0141. The van der Waals surface area contributed by atoms with E-state index >= 15 is 0 Å². The van der Waals surface area contributed by atoms with Crippen molar-refractivity contribution in [3.8, 4) is 0 Å². The quantitative estimate of drug-likeness (QED) is 0.521. The number of piperidine rings is 1. The smallest absolute Gasteiger partial charge is 0.423 e. The van der Waals surface area contributed by atoms with Gasteiger partial charge >= 0.3 is 7.12 Å². The van der Waals surface area contributed by atoms with Crippen LogP contribution < -0.4 is 10.1 Å². The molecule has 31 heavy (non-hydrogen) atoms. The normalized spacial score (nSPS) is 14.6. The number of nitrogens with one attached hydrogen (secondary N) is 1. The van der Waals surface area contributed by atoms with E-state index in [4.69, 9.17) is 0 Å². The van der Waals surface area contributed by atoms with Gasteiger partial charge in [0, 0.05) is 45.8 Å². The first kappa shape index (κ1) is 21.6. The number of allylic oxidation sites excluding steroid dienone is 1. The van der Waals surface area contributed by atoms with Crippen LogP contribution in [0.4, 0.5) is 0 Å². The zero-order chi connectivity index (χ0) is 22.0. The van der Waals surface area contributed by atoms with Crippen molar-refractivity contribution in [3.63, 3.8) is 0 Å². The maximum Gasteiger partial charge on any atom is 0.499 e. The minimum Gasteiger partial charge on any atom is -0.423 e. The van der Waals surface area contributed by atoms with Crippen molar-refractivity contribution < 1.29 is 14.8 Å². The number of amides is 1. The first-order valence-electron chi connectivity index (χ1n) is 10.6. The molecule has 0 unspecified atom stereocenters. The number of carbonyl (C=O) groups is 1. The molecule has 0 spiro atoms. The SMILES string of the molecule is C=C(C)NCc1cccc(C2CCN(C(=O)c3cccc4sc(B(O)O)cc34)CC2)c1. The Morgan fingerprint density at radius 2 is 1.94 bits per heavy atom. The molecular weight excluding hydrogens is 407 g/mol. The van der Waals surface area contributed by atoms with Gasteiger partial charge in [-0.25, -0.2) is 0 Å². The molecule has 1 fully saturated rings. The Bertz CT molecular complexity index is 1100. The van der Waals surface area contributed by atoms with Gasteiger partial charge in [0.05, 0.1) is 0 Å². The van der Waals surface area contributed by atoms with E-state index in [2.05, 4.69) is 36.2 Å². The van der Waals surface area contributed by atoms with Crippen LogP contribution in [0.25, 0.3) is 10.1 Å². The van der Waals surface area contributed by atoms with Crippen molar-refractivity contribution in [2.75, 3.05) is 13.1 Å². The lowest BCUT2D eigenvalue weighted by molar-refractivity contribution is 0.0715. The predicted octanol–water partition coefficient (Wildman–Crippen LogP) is 3.22. The van der Waals surface area contributed by atoms with Gasteiger partial charge in [-0.2, -0.15) is 0 Å². The largest absolute Gasteiger partial charge is 0.499 e. The Balaban J connectivity index is 1.45. The second-order valence-electron chi connectivity index (χ2n) is 8.19. The molecule has 3 aromatic rings. The fourth-order valence-electron chi connectivity index (χ4n) is 4.19. The van der Waals surface area contributed by atoms with Crippen LogP contribution in [0.1, 0.15) is 47.2 Å². The van der Waals surface area contributed by atoms with Crippen LogP contribution in [-0.4, -0.2) is 41.1 Å². The molecule has 1 amide bonds. The molecule has 0 saturated carbocycles. The summed E-state index contributed by atoms with van der Waals surface area (Å²) in [6, 6.07) is 16.0. The van der Waals surface area contributed by atoms with Crippen LogP contribution in [0.3, 0.4) is 0 Å². The molecule has 160 valence electrons. The fourth-order valence-corrected chi connectivity index (χ4v) is 5.15. The number of nitrogens with zero attached hydrogens (tertiary/aromatic N) is 1. The van der Waals surface area contributed by atoms with Gasteiger partial charge in [0.1, 0.15) is 0 Å². The Morgan fingerprint density at radius 3 is 2.65 bits per heavy atom. The highest BCUT2D eigenvalue weighted by atomic mass is 32.1. The molecule has 0 aliphatic carbocycles. The lowest BCUT2D eigenvalue weighted by Crippen LogP contribution is -2.38. The summed E-state index contributed by atoms with van der Waals surface area (Å²) in [6.45, 7) is 8.05. The standard InChI is InChI=1S/C24H27BN2O3S/c1-16(2)26-15-17-5-3-6-19(13-17)18-9-11-27(12-10-18)24(28)20-7-4-8-22-21(20)14-23(31-22)25(29)30/h3-8,13-14,18,26,29-30H,1,9-12,15H2,2H3. The van der Waals surface area contributed by atoms with Crippen molar-refractivity contribution in [1.82, 2.24) is 10.2 Å². The highest BCUT2D eigenvalue weighted by Crippen LogP contribution is 2.31. The van der Waals surface area contributed by atoms with Gasteiger partial charge in [0.2, 0.25) is 0 Å². The average molecular weight is 434 g/mol. The van der Waals surface area contributed by atoms with E-state index in [1.807, 2.05) is 30.0 Å². The Kier molecular flexibility index (Phi) is 6.46. The van der Waals surface area contributed by atoms with Gasteiger partial charge in [0.15, 0.2) is 0 Å². The average Bonchev–Trinajstić information content (AvgIpc) is 3.22. The van der Waals surface area contributed by atoms with Gasteiger partial charge in [-0.3, -0.25) is 4.79 Å². The van der Waals surface area contributed by atoms with E-state index in [1.54, 1.807) is 6.07 Å². The molecule has 1 aromatic heterocycles. The Hall–Kier alpha value is -2.61. The number of thiophene rings is 1. The molecule has 0 radical (unpaired) electrons. The van der Waals surface area contributed by atoms with Crippen LogP contribution in [0.5, 0.6) is 0 Å². The van der Waals surface area contributed by atoms with E-state index in [-0.39, 0.29) is 5.91 Å². The summed E-state index contributed by atoms with van der Waals surface area (Å²) in [5.41, 5.74) is 4.16. The molecular formula is C24H27BN2O3S. The molecule has 5 nitrogen and oxygen atoms in total. The third kappa shape index (κ3) is 4.84. The molecule has 2 heterocycles. The highest BCUT2D eigenvalue weighted by molar-refractivity contribution is 7.27. The number of carbonyl (C=O) groups excluding carboxylic acids is 1. The van der Waals surface area contributed by atoms with Gasteiger partial charge in [0.25, 0.3) is 5.91 Å². The van der Waals surface area contributed by atoms with E-state index in [9.17, 15) is 14.8 Å². The molecule has 7 heteroatoms. The second-order valence-corrected chi connectivity index (χ2v) is 9.30. The van der Waals surface area contributed by atoms with Crippen molar-refractivity contribution in [3.05, 3.63) is 77.5 Å². The van der Waals surface area contributed by atoms with E-state index < -0.39 is 7.12 Å². The molecule has 0 bridgehead atoms. The van der Waals surface area contributed by atoms with Crippen molar-refractivity contribution in [2.24, 2.45) is 0 Å². The lowest BCUT2D eigenvalue weighted by atomic mass is 9.88. The van der Waals surface area contributed by atoms with Crippen molar-refractivity contribution >= 4 is 39.2 Å². The second kappa shape index (κ2) is 9.26. The zero-order valence-electron chi connectivity index (χ0n) is 17.7. The fraction of sp³-hybridized carbons (Fsp3) is 0.292. The Morgan fingerprint density at radius 1 is 1.19 bits per heavy atom. The van der Waals surface area contributed by atoms with E-state index in [0.717, 1.165) is 35.2 Å². The third-order valence-corrected chi connectivity index (χ3v) is 7.00. The number of benzene rings is 2. The summed E-state index contributed by atoms with van der Waals surface area (Å²) >= 11 is 1.31. The monoisotopic (exact) mass is 434 g/mol. The van der Waals surface area contributed by atoms with E-state index in [0.29, 0.717) is 29.3 Å². The van der Waals surface area contributed by atoms with Gasteiger partial charge in [-0.05, 0) is 55.0 Å². The predicted molar refractivity (Wildman–Crippen MR) is 128 cm³/mol. The van der Waals surface area contributed by atoms with Crippen LogP contribution in [0.2, 0.25) is 0 Å². The van der Waals surface area contributed by atoms with Crippen LogP contribution >= 0.6 is 11.3 Å². The number of fused-ring (bicyclic) bond motifs is 1. The molecule has 1 aliphatic heterocycles. The van der Waals surface area contributed by atoms with Crippen molar-refractivity contribution in [2.45, 2.75) is 32.2 Å². The van der Waals surface area contributed by atoms with E-state index in [1.165, 1.54) is 22.5 Å². The van der Waals surface area contributed by atoms with Crippen LogP contribution in [0.15, 0.2) is 60.8 Å². The summed E-state index contributed by atoms with van der Waals surface area (Å²) in [5, 5.41) is 23.0. The van der Waals surface area contributed by atoms with Crippen LogP contribution in [0, 0.1) is 0 Å². The third-order valence-electron chi connectivity index (χ3n) is 5.86. The molecule has 1 saturated heterocycles. The molecule has 4 rings (SSSR count). The maximum absolute atomic E-state index is 13.2. The Labute approximate surface area is 187 Å². The van der Waals surface area contributed by atoms with Gasteiger partial charge in [-0.1, -0.05) is 36.9 Å². The summed E-state index contributed by atoms with van der Waals surface area (Å²) in [4.78, 5) is 15.1. The summed E-state index contributed by atoms with van der Waals surface area (Å²) in [6.07, 6.45) is 1.87. The number of hydrogen-bond donors (Lipinski definition) is 3. The minimum atomic E-state index is -1.52. The molecule has 1 aliphatic rings. The highest BCUT2D eigenvalue weighted by Gasteiger charge is 2.26. The zero-order valence-corrected chi connectivity index (χ0v) is 18.5. The lowest BCUT2D eigenvalue weighted by Gasteiger charge is -2.32. The summed E-state index contributed by atoms with van der Waals surface area (Å²) in [7, 11) is -1.52. The maximum atomic E-state index is 13.2. The number of rotatable bonds is 6. The van der Waals surface area contributed by atoms with Crippen LogP contribution in [-0.2, 0) is 6.54 Å². The summed E-state index contributed by atoms with van der Waals surface area (Å²) in [5.74, 6) is 0.460. The van der Waals surface area contributed by atoms with Crippen molar-refractivity contribution in [1.29, 1.82) is 0 Å². The van der Waals surface area contributed by atoms with Gasteiger partial charge < -0.3 is 20.3 Å². The first-order valence-corrected chi connectivity index (χ1v) is 11.4.